The first kappa shape index (κ1) is 13.7. The van der Waals surface area contributed by atoms with Crippen molar-refractivity contribution in [1.82, 2.24) is 4.98 Å². The van der Waals surface area contributed by atoms with Crippen LogP contribution in [0, 0.1) is 11.3 Å². The third-order valence-corrected chi connectivity index (χ3v) is 5.37. The maximum atomic E-state index is 5.93. The third-order valence-electron chi connectivity index (χ3n) is 5.37. The molecular formula is C17H26N2O. The molecule has 3 rings (SSSR count). The van der Waals surface area contributed by atoms with Crippen LogP contribution in [0.5, 0.6) is 5.75 Å². The molecule has 110 valence electrons. The number of hydrogen-bond donors (Lipinski definition) is 0. The number of ether oxygens (including phenoxy) is 1. The average Bonchev–Trinajstić information content (AvgIpc) is 2.93. The van der Waals surface area contributed by atoms with E-state index in [0.717, 1.165) is 37.2 Å². The molecule has 2 fully saturated rings. The fraction of sp³-hybridized carbons (Fsp3) is 0.706. The molecule has 1 aromatic rings. The minimum atomic E-state index is 0.572. The van der Waals surface area contributed by atoms with Gasteiger partial charge in [-0.05, 0) is 42.7 Å². The van der Waals surface area contributed by atoms with Crippen molar-refractivity contribution in [2.75, 3.05) is 24.6 Å². The Morgan fingerprint density at radius 2 is 2.00 bits per heavy atom. The summed E-state index contributed by atoms with van der Waals surface area (Å²) in [7, 11) is 0. The molecule has 1 saturated heterocycles. The van der Waals surface area contributed by atoms with Gasteiger partial charge in [-0.3, -0.25) is 0 Å². The molecule has 20 heavy (non-hydrogen) atoms. The van der Waals surface area contributed by atoms with Gasteiger partial charge in [0.2, 0.25) is 0 Å². The lowest BCUT2D eigenvalue weighted by molar-refractivity contribution is 0.263. The largest absolute Gasteiger partial charge is 0.492 e. The summed E-state index contributed by atoms with van der Waals surface area (Å²) in [4.78, 5) is 6.89. The van der Waals surface area contributed by atoms with Crippen LogP contribution in [0.15, 0.2) is 18.3 Å². The summed E-state index contributed by atoms with van der Waals surface area (Å²) in [6, 6.07) is 4.17. The van der Waals surface area contributed by atoms with E-state index in [1.165, 1.54) is 32.1 Å². The predicted octanol–water partition coefficient (Wildman–Crippen LogP) is 3.89. The molecular weight excluding hydrogens is 248 g/mol. The quantitative estimate of drug-likeness (QED) is 0.787. The topological polar surface area (TPSA) is 25.4 Å². The summed E-state index contributed by atoms with van der Waals surface area (Å²) in [6.45, 7) is 7.74. The highest BCUT2D eigenvalue weighted by atomic mass is 16.5. The summed E-state index contributed by atoms with van der Waals surface area (Å²) in [6.07, 6.45) is 8.36. The summed E-state index contributed by atoms with van der Waals surface area (Å²) in [5.41, 5.74) is 0.572. The zero-order chi connectivity index (χ0) is 14.0. The molecule has 0 radical (unpaired) electrons. The van der Waals surface area contributed by atoms with Crippen molar-refractivity contribution in [2.24, 2.45) is 11.3 Å². The zero-order valence-corrected chi connectivity index (χ0v) is 12.8. The van der Waals surface area contributed by atoms with Crippen molar-refractivity contribution in [3.8, 4) is 5.75 Å². The van der Waals surface area contributed by atoms with Gasteiger partial charge in [0, 0.05) is 13.1 Å². The highest BCUT2D eigenvalue weighted by Crippen LogP contribution is 2.57. The van der Waals surface area contributed by atoms with E-state index in [9.17, 15) is 0 Å². The van der Waals surface area contributed by atoms with Gasteiger partial charge in [-0.1, -0.05) is 26.7 Å². The van der Waals surface area contributed by atoms with Gasteiger partial charge in [0.15, 0.2) is 0 Å². The Morgan fingerprint density at radius 3 is 2.55 bits per heavy atom. The van der Waals surface area contributed by atoms with Crippen LogP contribution < -0.4 is 9.64 Å². The van der Waals surface area contributed by atoms with Crippen LogP contribution in [0.4, 0.5) is 5.82 Å². The molecule has 1 aliphatic heterocycles. The van der Waals surface area contributed by atoms with Crippen molar-refractivity contribution in [2.45, 2.75) is 46.0 Å². The fourth-order valence-electron chi connectivity index (χ4n) is 3.57. The molecule has 1 unspecified atom stereocenters. The fourth-order valence-corrected chi connectivity index (χ4v) is 3.57. The SMILES string of the molecule is CCC1(CC)CC1COc1ccc(N2CCCC2)nc1. The molecule has 0 amide bonds. The summed E-state index contributed by atoms with van der Waals surface area (Å²) in [5, 5.41) is 0. The molecule has 3 heteroatoms. The lowest BCUT2D eigenvalue weighted by Crippen LogP contribution is -2.18. The Morgan fingerprint density at radius 1 is 1.25 bits per heavy atom. The Kier molecular flexibility index (Phi) is 3.86. The summed E-state index contributed by atoms with van der Waals surface area (Å²) >= 11 is 0. The molecule has 0 bridgehead atoms. The van der Waals surface area contributed by atoms with Gasteiger partial charge in [0.25, 0.3) is 0 Å². The van der Waals surface area contributed by atoms with E-state index in [1.54, 1.807) is 0 Å². The predicted molar refractivity (Wildman–Crippen MR) is 82.3 cm³/mol. The van der Waals surface area contributed by atoms with Crippen molar-refractivity contribution in [1.29, 1.82) is 0 Å². The van der Waals surface area contributed by atoms with Gasteiger partial charge in [0.1, 0.15) is 11.6 Å². The zero-order valence-electron chi connectivity index (χ0n) is 12.8. The number of hydrogen-bond acceptors (Lipinski definition) is 3. The van der Waals surface area contributed by atoms with Crippen molar-refractivity contribution in [3.63, 3.8) is 0 Å². The summed E-state index contributed by atoms with van der Waals surface area (Å²) < 4.78 is 5.93. The van der Waals surface area contributed by atoms with E-state index in [0.29, 0.717) is 5.41 Å². The highest BCUT2D eigenvalue weighted by Gasteiger charge is 2.51. The molecule has 1 saturated carbocycles. The number of rotatable bonds is 6. The second kappa shape index (κ2) is 5.63. The van der Waals surface area contributed by atoms with Gasteiger partial charge >= 0.3 is 0 Å². The number of anilines is 1. The van der Waals surface area contributed by atoms with Crippen LogP contribution in [0.25, 0.3) is 0 Å². The summed E-state index contributed by atoms with van der Waals surface area (Å²) in [5.74, 6) is 2.76. The first-order chi connectivity index (χ1) is 9.77. The van der Waals surface area contributed by atoms with Crippen LogP contribution in [0.1, 0.15) is 46.0 Å². The maximum absolute atomic E-state index is 5.93. The normalized spacial score (nSPS) is 23.9. The van der Waals surface area contributed by atoms with E-state index in [1.807, 2.05) is 6.20 Å². The molecule has 0 aromatic carbocycles. The van der Waals surface area contributed by atoms with Crippen LogP contribution >= 0.6 is 0 Å². The van der Waals surface area contributed by atoms with Gasteiger partial charge in [-0.25, -0.2) is 4.98 Å². The Balaban J connectivity index is 1.51. The maximum Gasteiger partial charge on any atom is 0.137 e. The molecule has 1 aromatic heterocycles. The standard InChI is InChI=1S/C17H26N2O/c1-3-17(4-2)11-14(17)13-20-15-7-8-16(18-12-15)19-9-5-6-10-19/h7-8,12,14H,3-6,9-11,13H2,1-2H3. The van der Waals surface area contributed by atoms with Crippen LogP contribution in [-0.4, -0.2) is 24.7 Å². The second-order valence-electron chi connectivity index (χ2n) is 6.33. The van der Waals surface area contributed by atoms with E-state index >= 15 is 0 Å². The molecule has 2 aliphatic rings. The highest BCUT2D eigenvalue weighted by molar-refractivity contribution is 5.41. The van der Waals surface area contributed by atoms with Gasteiger partial charge < -0.3 is 9.64 Å². The Hall–Kier alpha value is -1.25. The first-order valence-corrected chi connectivity index (χ1v) is 8.11. The second-order valence-corrected chi connectivity index (χ2v) is 6.33. The van der Waals surface area contributed by atoms with Crippen LogP contribution in [-0.2, 0) is 0 Å². The lowest BCUT2D eigenvalue weighted by atomic mass is 9.97. The molecule has 0 spiro atoms. The van der Waals surface area contributed by atoms with Crippen LogP contribution in [0.2, 0.25) is 0 Å². The van der Waals surface area contributed by atoms with E-state index in [-0.39, 0.29) is 0 Å². The Bertz CT molecular complexity index is 433. The van der Waals surface area contributed by atoms with Gasteiger partial charge in [0.05, 0.1) is 12.8 Å². The Labute approximate surface area is 122 Å². The number of aromatic nitrogens is 1. The molecule has 0 N–H and O–H groups in total. The minimum Gasteiger partial charge on any atom is -0.492 e. The lowest BCUT2D eigenvalue weighted by Gasteiger charge is -2.16. The number of nitrogens with zero attached hydrogens (tertiary/aromatic N) is 2. The van der Waals surface area contributed by atoms with E-state index in [4.69, 9.17) is 4.74 Å². The van der Waals surface area contributed by atoms with Crippen LogP contribution in [0.3, 0.4) is 0 Å². The van der Waals surface area contributed by atoms with Crippen molar-refractivity contribution in [3.05, 3.63) is 18.3 Å². The van der Waals surface area contributed by atoms with Gasteiger partial charge in [-0.2, -0.15) is 0 Å². The monoisotopic (exact) mass is 274 g/mol. The van der Waals surface area contributed by atoms with E-state index < -0.39 is 0 Å². The molecule has 2 heterocycles. The minimum absolute atomic E-state index is 0.572. The molecule has 1 atom stereocenters. The smallest absolute Gasteiger partial charge is 0.137 e. The van der Waals surface area contributed by atoms with E-state index in [2.05, 4.69) is 35.9 Å². The molecule has 3 nitrogen and oxygen atoms in total. The van der Waals surface area contributed by atoms with Crippen molar-refractivity contribution < 1.29 is 4.74 Å². The van der Waals surface area contributed by atoms with Crippen molar-refractivity contribution >= 4 is 5.82 Å². The van der Waals surface area contributed by atoms with Gasteiger partial charge in [-0.15, -0.1) is 0 Å². The molecule has 1 aliphatic carbocycles. The number of pyridine rings is 1. The first-order valence-electron chi connectivity index (χ1n) is 8.11. The third kappa shape index (κ3) is 2.63. The average molecular weight is 274 g/mol.